The van der Waals surface area contributed by atoms with E-state index in [1.807, 2.05) is 0 Å². The van der Waals surface area contributed by atoms with Crippen molar-refractivity contribution in [1.82, 2.24) is 5.43 Å². The SMILES string of the molecule is Cc1ccc(CCC(CCC2CCCO2)NN)cc1. The van der Waals surface area contributed by atoms with Crippen LogP contribution in [-0.4, -0.2) is 18.8 Å². The Morgan fingerprint density at radius 1 is 1.32 bits per heavy atom. The monoisotopic (exact) mass is 262 g/mol. The summed E-state index contributed by atoms with van der Waals surface area (Å²) in [6.45, 7) is 3.06. The van der Waals surface area contributed by atoms with Crippen molar-refractivity contribution >= 4 is 0 Å². The third-order valence-corrected chi connectivity index (χ3v) is 4.00. The van der Waals surface area contributed by atoms with Crippen LogP contribution in [0.3, 0.4) is 0 Å². The van der Waals surface area contributed by atoms with Gasteiger partial charge in [-0.3, -0.25) is 11.3 Å². The molecule has 0 bridgehead atoms. The highest BCUT2D eigenvalue weighted by molar-refractivity contribution is 5.21. The van der Waals surface area contributed by atoms with Crippen LogP contribution in [0.1, 0.15) is 43.2 Å². The lowest BCUT2D eigenvalue weighted by Gasteiger charge is -2.18. The van der Waals surface area contributed by atoms with Gasteiger partial charge in [0.25, 0.3) is 0 Å². The lowest BCUT2D eigenvalue weighted by Crippen LogP contribution is -2.36. The van der Waals surface area contributed by atoms with Crippen LogP contribution >= 0.6 is 0 Å². The van der Waals surface area contributed by atoms with Crippen LogP contribution < -0.4 is 11.3 Å². The minimum Gasteiger partial charge on any atom is -0.378 e. The fourth-order valence-electron chi connectivity index (χ4n) is 2.67. The second-order valence-corrected chi connectivity index (χ2v) is 5.60. The molecule has 1 fully saturated rings. The number of ether oxygens (including phenoxy) is 1. The predicted molar refractivity (Wildman–Crippen MR) is 78.8 cm³/mol. The van der Waals surface area contributed by atoms with Gasteiger partial charge in [0, 0.05) is 12.6 Å². The molecule has 2 atom stereocenters. The van der Waals surface area contributed by atoms with Gasteiger partial charge in [0.05, 0.1) is 6.10 Å². The van der Waals surface area contributed by atoms with Crippen LogP contribution in [0.4, 0.5) is 0 Å². The molecule has 19 heavy (non-hydrogen) atoms. The number of hydrogen-bond donors (Lipinski definition) is 2. The minimum absolute atomic E-state index is 0.394. The van der Waals surface area contributed by atoms with Gasteiger partial charge in [0.15, 0.2) is 0 Å². The van der Waals surface area contributed by atoms with Gasteiger partial charge in [0.2, 0.25) is 0 Å². The Labute approximate surface area is 116 Å². The number of nitrogens with one attached hydrogen (secondary N) is 1. The van der Waals surface area contributed by atoms with Crippen molar-refractivity contribution in [3.05, 3.63) is 35.4 Å². The average molecular weight is 262 g/mol. The van der Waals surface area contributed by atoms with E-state index in [9.17, 15) is 0 Å². The predicted octanol–water partition coefficient (Wildman–Crippen LogP) is 2.72. The zero-order chi connectivity index (χ0) is 13.5. The van der Waals surface area contributed by atoms with E-state index < -0.39 is 0 Å². The summed E-state index contributed by atoms with van der Waals surface area (Å²) in [6, 6.07) is 9.16. The van der Waals surface area contributed by atoms with Gasteiger partial charge in [-0.05, 0) is 51.0 Å². The van der Waals surface area contributed by atoms with Gasteiger partial charge >= 0.3 is 0 Å². The third kappa shape index (κ3) is 4.94. The molecule has 1 heterocycles. The topological polar surface area (TPSA) is 47.3 Å². The van der Waals surface area contributed by atoms with Gasteiger partial charge in [0.1, 0.15) is 0 Å². The summed E-state index contributed by atoms with van der Waals surface area (Å²) in [5, 5.41) is 0. The van der Waals surface area contributed by atoms with Gasteiger partial charge < -0.3 is 4.74 Å². The Kier molecular flexibility index (Phi) is 5.83. The van der Waals surface area contributed by atoms with Crippen LogP contribution in [0.15, 0.2) is 24.3 Å². The highest BCUT2D eigenvalue weighted by atomic mass is 16.5. The fraction of sp³-hybridized carbons (Fsp3) is 0.625. The molecule has 0 saturated carbocycles. The average Bonchev–Trinajstić information content (AvgIpc) is 2.94. The smallest absolute Gasteiger partial charge is 0.0576 e. The van der Waals surface area contributed by atoms with Crippen molar-refractivity contribution in [2.45, 2.75) is 57.6 Å². The number of hydrogen-bond acceptors (Lipinski definition) is 3. The standard InChI is InChI=1S/C16H26N2O/c1-13-4-6-14(7-5-13)8-9-15(18-17)10-11-16-3-2-12-19-16/h4-7,15-16,18H,2-3,8-12,17H2,1H3. The van der Waals surface area contributed by atoms with Crippen molar-refractivity contribution in [2.24, 2.45) is 5.84 Å². The van der Waals surface area contributed by atoms with E-state index in [1.165, 1.54) is 24.0 Å². The van der Waals surface area contributed by atoms with Crippen molar-refractivity contribution in [3.63, 3.8) is 0 Å². The molecule has 0 aliphatic carbocycles. The number of rotatable bonds is 7. The maximum Gasteiger partial charge on any atom is 0.0576 e. The first-order valence-corrected chi connectivity index (χ1v) is 7.41. The van der Waals surface area contributed by atoms with E-state index in [1.54, 1.807) is 0 Å². The highest BCUT2D eigenvalue weighted by Gasteiger charge is 2.17. The van der Waals surface area contributed by atoms with E-state index in [0.29, 0.717) is 12.1 Å². The van der Waals surface area contributed by atoms with E-state index in [-0.39, 0.29) is 0 Å². The Hall–Kier alpha value is -0.900. The molecule has 1 aliphatic heterocycles. The zero-order valence-corrected chi connectivity index (χ0v) is 11.9. The first kappa shape index (κ1) is 14.5. The summed E-state index contributed by atoms with van der Waals surface area (Å²) in [6.07, 6.45) is 7.31. The largest absolute Gasteiger partial charge is 0.378 e. The van der Waals surface area contributed by atoms with Crippen LogP contribution in [-0.2, 0) is 11.2 Å². The van der Waals surface area contributed by atoms with Gasteiger partial charge in [-0.15, -0.1) is 0 Å². The number of hydrazine groups is 1. The van der Waals surface area contributed by atoms with Crippen LogP contribution in [0.5, 0.6) is 0 Å². The molecule has 2 unspecified atom stereocenters. The molecule has 1 aromatic rings. The Balaban J connectivity index is 1.70. The maximum atomic E-state index is 5.66. The van der Waals surface area contributed by atoms with Gasteiger partial charge in [-0.25, -0.2) is 0 Å². The molecular formula is C16H26N2O. The normalized spacial score (nSPS) is 20.6. The first-order valence-electron chi connectivity index (χ1n) is 7.41. The van der Waals surface area contributed by atoms with E-state index in [4.69, 9.17) is 10.6 Å². The molecule has 0 aromatic heterocycles. The van der Waals surface area contributed by atoms with Crippen LogP contribution in [0, 0.1) is 6.92 Å². The van der Waals surface area contributed by atoms with Crippen molar-refractivity contribution in [2.75, 3.05) is 6.61 Å². The molecule has 0 spiro atoms. The Bertz CT molecular complexity index is 358. The summed E-state index contributed by atoms with van der Waals surface area (Å²) in [5.74, 6) is 5.65. The fourth-order valence-corrected chi connectivity index (χ4v) is 2.67. The molecule has 0 amide bonds. The number of aryl methyl sites for hydroxylation is 2. The lowest BCUT2D eigenvalue weighted by molar-refractivity contribution is 0.0993. The van der Waals surface area contributed by atoms with Crippen LogP contribution in [0.2, 0.25) is 0 Å². The first-order chi connectivity index (χ1) is 9.28. The van der Waals surface area contributed by atoms with Crippen molar-refractivity contribution in [3.8, 4) is 0 Å². The Morgan fingerprint density at radius 3 is 2.74 bits per heavy atom. The van der Waals surface area contributed by atoms with Gasteiger partial charge in [-0.2, -0.15) is 0 Å². The van der Waals surface area contributed by atoms with Crippen molar-refractivity contribution in [1.29, 1.82) is 0 Å². The molecule has 2 rings (SSSR count). The molecular weight excluding hydrogens is 236 g/mol. The number of nitrogens with two attached hydrogens (primary N) is 1. The molecule has 3 nitrogen and oxygen atoms in total. The summed E-state index contributed by atoms with van der Waals surface area (Å²) in [4.78, 5) is 0. The quantitative estimate of drug-likeness (QED) is 0.587. The minimum atomic E-state index is 0.394. The molecule has 0 radical (unpaired) electrons. The zero-order valence-electron chi connectivity index (χ0n) is 11.9. The van der Waals surface area contributed by atoms with Crippen LogP contribution in [0.25, 0.3) is 0 Å². The third-order valence-electron chi connectivity index (χ3n) is 4.00. The highest BCUT2D eigenvalue weighted by Crippen LogP contribution is 2.19. The Morgan fingerprint density at radius 2 is 2.11 bits per heavy atom. The van der Waals surface area contributed by atoms with E-state index in [2.05, 4.69) is 36.6 Å². The second kappa shape index (κ2) is 7.63. The molecule has 1 aliphatic rings. The summed E-state index contributed by atoms with van der Waals surface area (Å²) in [7, 11) is 0. The van der Waals surface area contributed by atoms with E-state index in [0.717, 1.165) is 32.3 Å². The molecule has 3 heteroatoms. The summed E-state index contributed by atoms with van der Waals surface area (Å²) < 4.78 is 5.66. The molecule has 1 aromatic carbocycles. The molecule has 1 saturated heterocycles. The lowest BCUT2D eigenvalue weighted by atomic mass is 9.99. The van der Waals surface area contributed by atoms with Crippen molar-refractivity contribution < 1.29 is 4.74 Å². The second-order valence-electron chi connectivity index (χ2n) is 5.60. The maximum absolute atomic E-state index is 5.66. The van der Waals surface area contributed by atoms with E-state index >= 15 is 0 Å². The molecule has 106 valence electrons. The molecule has 3 N–H and O–H groups in total. The van der Waals surface area contributed by atoms with Gasteiger partial charge in [-0.1, -0.05) is 29.8 Å². The summed E-state index contributed by atoms with van der Waals surface area (Å²) in [5.41, 5.74) is 5.66. The summed E-state index contributed by atoms with van der Waals surface area (Å²) >= 11 is 0. The number of benzene rings is 1.